The molecule has 3 N–H and O–H groups in total. The van der Waals surface area contributed by atoms with Gasteiger partial charge >= 0.3 is 0 Å². The van der Waals surface area contributed by atoms with E-state index in [1.807, 2.05) is 0 Å². The average Bonchev–Trinajstić information content (AvgIpc) is 3.08. The number of fused-ring (bicyclic) bond motifs is 1. The minimum Gasteiger partial charge on any atom is -0.367 e. The molecule has 0 saturated heterocycles. The quantitative estimate of drug-likeness (QED) is 0.551. The zero-order valence-corrected chi connectivity index (χ0v) is 15.2. The lowest BCUT2D eigenvalue weighted by Crippen LogP contribution is -2.11. The van der Waals surface area contributed by atoms with Gasteiger partial charge in [-0.1, -0.05) is 24.3 Å². The van der Waals surface area contributed by atoms with Crippen LogP contribution < -0.4 is 11.1 Å². The van der Waals surface area contributed by atoms with Crippen molar-refractivity contribution in [3.05, 3.63) is 72.0 Å². The van der Waals surface area contributed by atoms with E-state index in [4.69, 9.17) is 5.73 Å². The molecular formula is C19H13FN6OS. The van der Waals surface area contributed by atoms with Crippen LogP contribution in [0.5, 0.6) is 0 Å². The topological polar surface area (TPSA) is 110 Å². The molecule has 1 atom stereocenters. The molecule has 3 aromatic carbocycles. The average molecular weight is 392 g/mol. The Labute approximate surface area is 161 Å². The summed E-state index contributed by atoms with van der Waals surface area (Å²) in [5, 5.41) is 17.7. The molecule has 7 nitrogen and oxygen atoms in total. The van der Waals surface area contributed by atoms with Crippen LogP contribution in [0.25, 0.3) is 10.8 Å². The molecular weight excluding hydrogens is 379 g/mol. The van der Waals surface area contributed by atoms with Crippen LogP contribution >= 0.6 is 0 Å². The zero-order valence-electron chi connectivity index (χ0n) is 14.3. The highest BCUT2D eigenvalue weighted by molar-refractivity contribution is 7.83. The van der Waals surface area contributed by atoms with E-state index >= 15 is 0 Å². The monoisotopic (exact) mass is 392 g/mol. The zero-order chi connectivity index (χ0) is 19.7. The first kappa shape index (κ1) is 17.6. The molecule has 0 aliphatic rings. The first-order chi connectivity index (χ1) is 13.6. The van der Waals surface area contributed by atoms with Crippen molar-refractivity contribution in [3.8, 4) is 6.07 Å². The first-order valence-electron chi connectivity index (χ1n) is 8.16. The lowest BCUT2D eigenvalue weighted by atomic mass is 10.1. The first-order valence-corrected chi connectivity index (χ1v) is 9.27. The fourth-order valence-corrected chi connectivity index (χ4v) is 3.88. The minimum atomic E-state index is -1.78. The van der Waals surface area contributed by atoms with E-state index in [0.29, 0.717) is 26.9 Å². The van der Waals surface area contributed by atoms with Gasteiger partial charge in [-0.3, -0.25) is 0 Å². The maximum Gasteiger partial charge on any atom is 0.249 e. The van der Waals surface area contributed by atoms with Gasteiger partial charge in [0.2, 0.25) is 11.9 Å². The Morgan fingerprint density at radius 3 is 2.54 bits per heavy atom. The molecule has 138 valence electrons. The van der Waals surface area contributed by atoms with Gasteiger partial charge in [0.1, 0.15) is 5.82 Å². The van der Waals surface area contributed by atoms with E-state index in [-0.39, 0.29) is 17.7 Å². The second-order valence-corrected chi connectivity index (χ2v) is 7.10. The van der Waals surface area contributed by atoms with Crippen LogP contribution in [-0.2, 0) is 11.0 Å². The van der Waals surface area contributed by atoms with Gasteiger partial charge in [0.15, 0.2) is 11.0 Å². The second-order valence-electron chi connectivity index (χ2n) is 5.82. The minimum absolute atomic E-state index is 0.0450. The molecule has 0 aliphatic heterocycles. The molecule has 0 radical (unpaired) electrons. The molecule has 0 fully saturated rings. The largest absolute Gasteiger partial charge is 0.367 e. The van der Waals surface area contributed by atoms with Crippen molar-refractivity contribution in [2.75, 3.05) is 11.1 Å². The number of rotatable bonds is 4. The lowest BCUT2D eigenvalue weighted by molar-refractivity contribution is 0.628. The molecule has 28 heavy (non-hydrogen) atoms. The molecule has 9 heteroatoms. The van der Waals surface area contributed by atoms with Gasteiger partial charge in [0, 0.05) is 16.5 Å². The SMILES string of the molecule is N#Cc1cccc2c(S(=O)n3nc(Nc4ccc(F)cc4)nc3N)cccc12. The van der Waals surface area contributed by atoms with E-state index in [1.54, 1.807) is 36.4 Å². The third kappa shape index (κ3) is 3.17. The second kappa shape index (κ2) is 7.09. The van der Waals surface area contributed by atoms with Gasteiger partial charge in [0.05, 0.1) is 16.5 Å². The van der Waals surface area contributed by atoms with Gasteiger partial charge in [-0.25, -0.2) is 8.60 Å². The number of hydrogen-bond donors (Lipinski definition) is 2. The highest BCUT2D eigenvalue weighted by atomic mass is 32.2. The lowest BCUT2D eigenvalue weighted by Gasteiger charge is -2.07. The highest BCUT2D eigenvalue weighted by Gasteiger charge is 2.17. The molecule has 1 aromatic heterocycles. The van der Waals surface area contributed by atoms with Crippen molar-refractivity contribution in [1.29, 1.82) is 5.26 Å². The molecule has 0 saturated carbocycles. The summed E-state index contributed by atoms with van der Waals surface area (Å²) in [6.07, 6.45) is 0. The molecule has 0 spiro atoms. The van der Waals surface area contributed by atoms with Crippen molar-refractivity contribution >= 4 is 39.3 Å². The summed E-state index contributed by atoms with van der Waals surface area (Å²) in [6, 6.07) is 18.2. The van der Waals surface area contributed by atoms with Crippen molar-refractivity contribution in [2.45, 2.75) is 4.90 Å². The fourth-order valence-electron chi connectivity index (χ4n) is 2.77. The summed E-state index contributed by atoms with van der Waals surface area (Å²) in [6.45, 7) is 0. The number of nitrogens with one attached hydrogen (secondary N) is 1. The van der Waals surface area contributed by atoms with E-state index in [0.717, 1.165) is 4.09 Å². The summed E-state index contributed by atoms with van der Waals surface area (Å²) in [5.41, 5.74) is 6.95. The number of hydrogen-bond acceptors (Lipinski definition) is 6. The summed E-state index contributed by atoms with van der Waals surface area (Å²) >= 11 is 0. The van der Waals surface area contributed by atoms with Crippen LogP contribution in [0.1, 0.15) is 5.56 Å². The highest BCUT2D eigenvalue weighted by Crippen LogP contribution is 2.26. The van der Waals surface area contributed by atoms with Gasteiger partial charge in [-0.05, 0) is 36.4 Å². The molecule has 0 bridgehead atoms. The molecule has 4 aromatic rings. The summed E-state index contributed by atoms with van der Waals surface area (Å²) < 4.78 is 27.2. The van der Waals surface area contributed by atoms with Gasteiger partial charge in [-0.2, -0.15) is 10.2 Å². The maximum atomic E-state index is 13.1. The molecule has 0 aliphatic carbocycles. The van der Waals surface area contributed by atoms with E-state index < -0.39 is 11.0 Å². The molecule has 1 unspecified atom stereocenters. The molecule has 0 amide bonds. The number of anilines is 3. The van der Waals surface area contributed by atoms with Crippen LogP contribution in [0.4, 0.5) is 22.0 Å². The Kier molecular flexibility index (Phi) is 4.47. The Morgan fingerprint density at radius 2 is 1.79 bits per heavy atom. The number of nitriles is 1. The van der Waals surface area contributed by atoms with Crippen molar-refractivity contribution < 1.29 is 8.60 Å². The number of aromatic nitrogens is 3. The Morgan fingerprint density at radius 1 is 1.07 bits per heavy atom. The summed E-state index contributed by atoms with van der Waals surface area (Å²) in [5.74, 6) is -0.274. The summed E-state index contributed by atoms with van der Waals surface area (Å²) in [7, 11) is -1.78. The normalized spacial score (nSPS) is 11.9. The number of halogens is 1. The van der Waals surface area contributed by atoms with Gasteiger partial charge in [0.25, 0.3) is 0 Å². The van der Waals surface area contributed by atoms with Crippen molar-refractivity contribution in [3.63, 3.8) is 0 Å². The van der Waals surface area contributed by atoms with Gasteiger partial charge < -0.3 is 11.1 Å². The number of nitrogens with two attached hydrogens (primary N) is 1. The predicted molar refractivity (Wildman–Crippen MR) is 105 cm³/mol. The Hall–Kier alpha value is -3.77. The van der Waals surface area contributed by atoms with Crippen LogP contribution in [0.3, 0.4) is 0 Å². The smallest absolute Gasteiger partial charge is 0.249 e. The summed E-state index contributed by atoms with van der Waals surface area (Å²) in [4.78, 5) is 4.53. The van der Waals surface area contributed by atoms with Crippen LogP contribution in [0.15, 0.2) is 65.6 Å². The van der Waals surface area contributed by atoms with E-state index in [1.165, 1.54) is 24.3 Å². The Balaban J connectivity index is 1.71. The van der Waals surface area contributed by atoms with E-state index in [9.17, 15) is 13.9 Å². The third-order valence-corrected chi connectivity index (χ3v) is 5.37. The van der Waals surface area contributed by atoms with Gasteiger partial charge in [-0.15, -0.1) is 9.19 Å². The number of nitrogens with zero attached hydrogens (tertiary/aromatic N) is 4. The molecule has 4 rings (SSSR count). The van der Waals surface area contributed by atoms with Crippen molar-refractivity contribution in [1.82, 2.24) is 14.2 Å². The Bertz CT molecular complexity index is 1250. The third-order valence-electron chi connectivity index (χ3n) is 4.05. The van der Waals surface area contributed by atoms with E-state index in [2.05, 4.69) is 21.5 Å². The standard InChI is InChI=1S/C19H13FN6OS/c20-13-7-9-14(10-8-13)23-19-24-18(22)26(25-19)28(27)17-6-2-4-15-12(11-21)3-1-5-16(15)17/h1-10H,(H3,22,23,24,25). The van der Waals surface area contributed by atoms with Crippen LogP contribution in [0.2, 0.25) is 0 Å². The van der Waals surface area contributed by atoms with Crippen molar-refractivity contribution in [2.24, 2.45) is 0 Å². The maximum absolute atomic E-state index is 13.1. The predicted octanol–water partition coefficient (Wildman–Crippen LogP) is 3.34. The van der Waals surface area contributed by atoms with Crippen LogP contribution in [0, 0.1) is 17.1 Å². The number of nitrogen functional groups attached to an aromatic ring is 1. The number of benzene rings is 3. The fraction of sp³-hybridized carbons (Fsp3) is 0. The molecule has 1 heterocycles. The van der Waals surface area contributed by atoms with Crippen LogP contribution in [-0.4, -0.2) is 18.4 Å².